The van der Waals surface area contributed by atoms with Gasteiger partial charge >= 0.3 is 5.97 Å². The van der Waals surface area contributed by atoms with Gasteiger partial charge in [0.1, 0.15) is 0 Å². The second-order valence-electron chi connectivity index (χ2n) is 6.09. The molecule has 5 heteroatoms. The third-order valence-corrected chi connectivity index (χ3v) is 4.65. The lowest BCUT2D eigenvalue weighted by atomic mass is 9.92. The Bertz CT molecular complexity index is 562. The van der Waals surface area contributed by atoms with E-state index in [2.05, 4.69) is 0 Å². The molecule has 0 heterocycles. The van der Waals surface area contributed by atoms with Gasteiger partial charge in [-0.15, -0.1) is 0 Å². The van der Waals surface area contributed by atoms with Crippen LogP contribution in [0.5, 0.6) is 11.5 Å². The van der Waals surface area contributed by atoms with Crippen LogP contribution in [0.4, 0.5) is 0 Å². The van der Waals surface area contributed by atoms with Crippen molar-refractivity contribution in [2.45, 2.75) is 37.5 Å². The van der Waals surface area contributed by atoms with Gasteiger partial charge in [0.25, 0.3) is 0 Å². The minimum Gasteiger partial charge on any atom is -0.493 e. The van der Waals surface area contributed by atoms with E-state index in [1.807, 2.05) is 6.07 Å². The largest absolute Gasteiger partial charge is 0.493 e. The number of rotatable bonds is 7. The van der Waals surface area contributed by atoms with E-state index in [1.165, 1.54) is 12.8 Å². The summed E-state index contributed by atoms with van der Waals surface area (Å²) in [6.45, 7) is 0.687. The highest BCUT2D eigenvalue weighted by Gasteiger charge is 2.47. The number of carbonyl (C=O) groups is 1. The molecule has 114 valence electrons. The molecule has 0 saturated heterocycles. The molecule has 0 aliphatic heterocycles. The fourth-order valence-electron chi connectivity index (χ4n) is 2.69. The van der Waals surface area contributed by atoms with Crippen LogP contribution in [0.3, 0.4) is 0 Å². The van der Waals surface area contributed by atoms with Crippen LogP contribution in [-0.2, 0) is 10.2 Å². The quantitative estimate of drug-likeness (QED) is 0.835. The maximum absolute atomic E-state index is 11.0. The van der Waals surface area contributed by atoms with Gasteiger partial charge in [0, 0.05) is 16.5 Å². The van der Waals surface area contributed by atoms with Crippen LogP contribution in [0, 0.1) is 5.92 Å². The number of hydrogen-bond donors (Lipinski definition) is 1. The van der Waals surface area contributed by atoms with Crippen LogP contribution < -0.4 is 9.47 Å². The molecule has 0 spiro atoms. The summed E-state index contributed by atoms with van der Waals surface area (Å²) in [6.07, 6.45) is 4.25. The van der Waals surface area contributed by atoms with E-state index in [0.717, 1.165) is 18.4 Å². The third-order valence-electron chi connectivity index (χ3n) is 4.34. The number of hydrogen-bond acceptors (Lipinski definition) is 3. The summed E-state index contributed by atoms with van der Waals surface area (Å²) in [4.78, 5) is 11.0. The van der Waals surface area contributed by atoms with Crippen molar-refractivity contribution in [1.29, 1.82) is 0 Å². The first-order valence-electron chi connectivity index (χ1n) is 7.27. The second-order valence-corrected chi connectivity index (χ2v) is 6.50. The van der Waals surface area contributed by atoms with Crippen LogP contribution in [0.2, 0.25) is 5.02 Å². The average molecular weight is 311 g/mol. The molecule has 1 N–H and O–H groups in total. The topological polar surface area (TPSA) is 55.8 Å². The van der Waals surface area contributed by atoms with E-state index < -0.39 is 5.97 Å². The molecule has 4 nitrogen and oxygen atoms in total. The molecule has 2 aliphatic carbocycles. The van der Waals surface area contributed by atoms with Gasteiger partial charge in [0.05, 0.1) is 20.1 Å². The molecule has 0 aromatic heterocycles. The van der Waals surface area contributed by atoms with Gasteiger partial charge in [0.2, 0.25) is 0 Å². The van der Waals surface area contributed by atoms with Crippen molar-refractivity contribution in [1.82, 2.24) is 0 Å². The molecular weight excluding hydrogens is 292 g/mol. The molecule has 0 unspecified atom stereocenters. The fourth-order valence-corrected chi connectivity index (χ4v) is 3.04. The van der Waals surface area contributed by atoms with Crippen molar-refractivity contribution in [3.63, 3.8) is 0 Å². The van der Waals surface area contributed by atoms with Crippen molar-refractivity contribution >= 4 is 17.6 Å². The van der Waals surface area contributed by atoms with Gasteiger partial charge in [0.15, 0.2) is 11.5 Å². The number of carboxylic acid groups (broad SMARTS) is 1. The number of benzene rings is 1. The second kappa shape index (κ2) is 5.41. The molecule has 0 amide bonds. The van der Waals surface area contributed by atoms with Gasteiger partial charge < -0.3 is 14.6 Å². The third kappa shape index (κ3) is 3.10. The predicted molar refractivity (Wildman–Crippen MR) is 79.4 cm³/mol. The summed E-state index contributed by atoms with van der Waals surface area (Å²) in [7, 11) is 1.59. The molecule has 0 atom stereocenters. The zero-order valence-electron chi connectivity index (χ0n) is 12.0. The number of carboxylic acids is 1. The molecular formula is C16H19ClO4. The van der Waals surface area contributed by atoms with Crippen LogP contribution in [-0.4, -0.2) is 24.8 Å². The summed E-state index contributed by atoms with van der Waals surface area (Å²) in [5.41, 5.74) is 0.535. The lowest BCUT2D eigenvalue weighted by molar-refractivity contribution is -0.137. The van der Waals surface area contributed by atoms with Crippen LogP contribution in [0.15, 0.2) is 12.1 Å². The lowest BCUT2D eigenvalue weighted by Gasteiger charge is -2.18. The smallest absolute Gasteiger partial charge is 0.304 e. The van der Waals surface area contributed by atoms with Crippen molar-refractivity contribution in [2.24, 2.45) is 5.92 Å². The Balaban J connectivity index is 1.86. The first kappa shape index (κ1) is 14.5. The van der Waals surface area contributed by atoms with Crippen LogP contribution in [0.1, 0.15) is 37.7 Å². The lowest BCUT2D eigenvalue weighted by Crippen LogP contribution is -2.14. The zero-order valence-corrected chi connectivity index (χ0v) is 12.8. The highest BCUT2D eigenvalue weighted by molar-refractivity contribution is 6.31. The minimum absolute atomic E-state index is 0.109. The average Bonchev–Trinajstić information content (AvgIpc) is 3.31. The predicted octanol–water partition coefficient (Wildman–Crippen LogP) is 3.64. The number of aliphatic carboxylic acids is 1. The molecule has 1 aromatic carbocycles. The van der Waals surface area contributed by atoms with Crippen molar-refractivity contribution in [3.05, 3.63) is 22.7 Å². The summed E-state index contributed by atoms with van der Waals surface area (Å²) in [6, 6.07) is 3.61. The van der Waals surface area contributed by atoms with Crippen LogP contribution >= 0.6 is 11.6 Å². The molecule has 0 bridgehead atoms. The monoisotopic (exact) mass is 310 g/mol. The first-order chi connectivity index (χ1) is 10.0. The number of halogens is 1. The Morgan fingerprint density at radius 2 is 2.10 bits per heavy atom. The molecule has 2 fully saturated rings. The summed E-state index contributed by atoms with van der Waals surface area (Å²) in [5.74, 6) is 1.13. The Hall–Kier alpha value is -1.42. The van der Waals surface area contributed by atoms with Crippen molar-refractivity contribution in [2.75, 3.05) is 13.7 Å². The van der Waals surface area contributed by atoms with Gasteiger partial charge in [-0.05, 0) is 43.2 Å². The van der Waals surface area contributed by atoms with E-state index in [9.17, 15) is 4.79 Å². The summed E-state index contributed by atoms with van der Waals surface area (Å²) in [5, 5.41) is 9.65. The Kier molecular flexibility index (Phi) is 3.74. The van der Waals surface area contributed by atoms with Crippen molar-refractivity contribution in [3.8, 4) is 11.5 Å². The first-order valence-corrected chi connectivity index (χ1v) is 7.64. The summed E-state index contributed by atoms with van der Waals surface area (Å²) >= 11 is 6.37. The van der Waals surface area contributed by atoms with E-state index in [-0.39, 0.29) is 11.8 Å². The maximum atomic E-state index is 11.0. The standard InChI is InChI=1S/C16H19ClO4/c1-20-13-6-11(16(4-5-16)8-15(18)19)12(17)7-14(13)21-9-10-2-3-10/h6-7,10H,2-5,8-9H2,1H3,(H,18,19). The Morgan fingerprint density at radius 3 is 2.62 bits per heavy atom. The summed E-state index contributed by atoms with van der Waals surface area (Å²) < 4.78 is 11.2. The SMILES string of the molecule is COc1cc(C2(CC(=O)O)CC2)c(Cl)cc1OCC1CC1. The fraction of sp³-hybridized carbons (Fsp3) is 0.562. The number of ether oxygens (including phenoxy) is 2. The zero-order chi connectivity index (χ0) is 15.0. The van der Waals surface area contributed by atoms with Gasteiger partial charge in [-0.3, -0.25) is 4.79 Å². The Morgan fingerprint density at radius 1 is 1.38 bits per heavy atom. The van der Waals surface area contributed by atoms with E-state index >= 15 is 0 Å². The van der Waals surface area contributed by atoms with Gasteiger partial charge in [-0.2, -0.15) is 0 Å². The Labute approximate surface area is 129 Å². The van der Waals surface area contributed by atoms with Gasteiger partial charge in [-0.25, -0.2) is 0 Å². The van der Waals surface area contributed by atoms with E-state index in [1.54, 1.807) is 13.2 Å². The van der Waals surface area contributed by atoms with E-state index in [4.69, 9.17) is 26.2 Å². The molecule has 1 aromatic rings. The molecule has 2 aliphatic rings. The maximum Gasteiger partial charge on any atom is 0.304 e. The molecule has 21 heavy (non-hydrogen) atoms. The molecule has 3 rings (SSSR count). The highest BCUT2D eigenvalue weighted by Crippen LogP contribution is 2.54. The molecule has 2 saturated carbocycles. The van der Waals surface area contributed by atoms with Crippen molar-refractivity contribution < 1.29 is 19.4 Å². The normalized spacial score (nSPS) is 19.1. The minimum atomic E-state index is -0.795. The van der Waals surface area contributed by atoms with Gasteiger partial charge in [-0.1, -0.05) is 11.6 Å². The number of methoxy groups -OCH3 is 1. The molecule has 0 radical (unpaired) electrons. The van der Waals surface area contributed by atoms with E-state index in [0.29, 0.717) is 29.0 Å². The van der Waals surface area contributed by atoms with Crippen LogP contribution in [0.25, 0.3) is 0 Å². The highest BCUT2D eigenvalue weighted by atomic mass is 35.5.